The van der Waals surface area contributed by atoms with Crippen LogP contribution in [-0.4, -0.2) is 80.7 Å². The molecule has 0 bridgehead atoms. The molecule has 2 aliphatic rings. The normalized spacial score (nSPS) is 36.7. The van der Waals surface area contributed by atoms with Gasteiger partial charge in [-0.25, -0.2) is 4.79 Å². The first-order valence-corrected chi connectivity index (χ1v) is 9.41. The van der Waals surface area contributed by atoms with Gasteiger partial charge >= 0.3 is 5.97 Å². The lowest BCUT2D eigenvalue weighted by Gasteiger charge is -2.41. The molecule has 7 atom stereocenters. The van der Waals surface area contributed by atoms with Gasteiger partial charge in [0, 0.05) is 12.0 Å². The van der Waals surface area contributed by atoms with Crippen LogP contribution >= 0.6 is 0 Å². The van der Waals surface area contributed by atoms with E-state index in [4.69, 9.17) is 9.47 Å². The van der Waals surface area contributed by atoms with Gasteiger partial charge in [0.25, 0.3) is 0 Å². The topological polar surface area (TPSA) is 154 Å². The highest BCUT2D eigenvalue weighted by atomic mass is 16.7. The van der Waals surface area contributed by atoms with Crippen molar-refractivity contribution in [3.63, 3.8) is 0 Å². The maximum atomic E-state index is 11.8. The summed E-state index contributed by atoms with van der Waals surface area (Å²) in [4.78, 5) is 23.4. The van der Waals surface area contributed by atoms with E-state index in [2.05, 4.69) is 0 Å². The lowest BCUT2D eigenvalue weighted by Crippen LogP contribution is -2.59. The smallest absolute Gasteiger partial charge is 0.331 e. The summed E-state index contributed by atoms with van der Waals surface area (Å²) >= 11 is 0. The predicted octanol–water partition coefficient (Wildman–Crippen LogP) is -0.402. The number of carbonyl (C=O) groups is 2. The molecule has 0 aromatic rings. The number of aliphatic carboxylic acids is 1. The molecule has 2 unspecified atom stereocenters. The van der Waals surface area contributed by atoms with Crippen molar-refractivity contribution in [1.82, 2.24) is 0 Å². The zero-order valence-electron chi connectivity index (χ0n) is 16.3. The maximum absolute atomic E-state index is 11.8. The Hall–Kier alpha value is -1.36. The Morgan fingerprint density at radius 3 is 2.50 bits per heavy atom. The van der Waals surface area contributed by atoms with Crippen LogP contribution in [0.1, 0.15) is 40.0 Å². The van der Waals surface area contributed by atoms with Gasteiger partial charge in [-0.15, -0.1) is 0 Å². The summed E-state index contributed by atoms with van der Waals surface area (Å²) in [6.07, 6.45) is -4.91. The highest BCUT2D eigenvalue weighted by molar-refractivity contribution is 6.01. The second-order valence-corrected chi connectivity index (χ2v) is 8.31. The van der Waals surface area contributed by atoms with Gasteiger partial charge in [0.15, 0.2) is 12.1 Å². The Bertz CT molecular complexity index is 613. The Morgan fingerprint density at radius 2 is 1.93 bits per heavy atom. The highest BCUT2D eigenvalue weighted by Gasteiger charge is 2.45. The van der Waals surface area contributed by atoms with Crippen LogP contribution in [0, 0.1) is 11.3 Å². The zero-order chi connectivity index (χ0) is 21.2. The van der Waals surface area contributed by atoms with Crippen LogP contribution in [0.4, 0.5) is 0 Å². The molecule has 2 rings (SSSR count). The molecule has 0 radical (unpaired) electrons. The van der Waals surface area contributed by atoms with Gasteiger partial charge in [-0.1, -0.05) is 13.8 Å². The third-order valence-corrected chi connectivity index (χ3v) is 5.59. The van der Waals surface area contributed by atoms with Crippen molar-refractivity contribution in [1.29, 1.82) is 0 Å². The minimum absolute atomic E-state index is 0.0845. The maximum Gasteiger partial charge on any atom is 0.331 e. The molecule has 1 aliphatic carbocycles. The number of carbonyl (C=O) groups excluding carboxylic acids is 1. The van der Waals surface area contributed by atoms with E-state index in [9.17, 15) is 35.1 Å². The van der Waals surface area contributed by atoms with Crippen LogP contribution < -0.4 is 0 Å². The first-order valence-electron chi connectivity index (χ1n) is 9.41. The number of rotatable bonds is 7. The summed E-state index contributed by atoms with van der Waals surface area (Å²) in [6, 6.07) is 0. The fraction of sp³-hybridized carbons (Fsp3) is 0.789. The molecule has 1 fully saturated rings. The van der Waals surface area contributed by atoms with Crippen molar-refractivity contribution in [2.75, 3.05) is 6.61 Å². The van der Waals surface area contributed by atoms with Crippen LogP contribution in [-0.2, 0) is 19.1 Å². The van der Waals surface area contributed by atoms with Crippen molar-refractivity contribution in [3.05, 3.63) is 11.6 Å². The second kappa shape index (κ2) is 8.98. The third kappa shape index (κ3) is 4.97. The number of ketones is 1. The lowest BCUT2D eigenvalue weighted by atomic mass is 9.66. The molecular weight excluding hydrogens is 372 g/mol. The third-order valence-electron chi connectivity index (χ3n) is 5.59. The number of hydrogen-bond acceptors (Lipinski definition) is 8. The minimum Gasteiger partial charge on any atom is -0.478 e. The summed E-state index contributed by atoms with van der Waals surface area (Å²) < 4.78 is 11.0. The van der Waals surface area contributed by atoms with Gasteiger partial charge in [-0.05, 0) is 37.2 Å². The van der Waals surface area contributed by atoms with E-state index in [1.165, 1.54) is 6.08 Å². The van der Waals surface area contributed by atoms with E-state index >= 15 is 0 Å². The first kappa shape index (κ1) is 22.9. The summed E-state index contributed by atoms with van der Waals surface area (Å²) in [7, 11) is 0. The summed E-state index contributed by atoms with van der Waals surface area (Å²) in [6.45, 7) is 4.88. The molecule has 0 aromatic heterocycles. The molecule has 1 aliphatic heterocycles. The van der Waals surface area contributed by atoms with Crippen LogP contribution in [0.25, 0.3) is 0 Å². The van der Waals surface area contributed by atoms with Gasteiger partial charge in [0.1, 0.15) is 24.4 Å². The number of allylic oxidation sites excluding steroid dienone is 1. The van der Waals surface area contributed by atoms with Gasteiger partial charge in [0.2, 0.25) is 0 Å². The molecule has 1 saturated heterocycles. The van der Waals surface area contributed by atoms with Gasteiger partial charge in [-0.3, -0.25) is 4.79 Å². The number of aliphatic hydroxyl groups is 4. The molecule has 28 heavy (non-hydrogen) atoms. The zero-order valence-corrected chi connectivity index (χ0v) is 16.3. The number of aliphatic hydroxyl groups excluding tert-OH is 4. The van der Waals surface area contributed by atoms with Crippen molar-refractivity contribution < 1.29 is 44.6 Å². The van der Waals surface area contributed by atoms with E-state index in [0.717, 1.165) is 0 Å². The summed E-state index contributed by atoms with van der Waals surface area (Å²) in [5.41, 5.74) is -0.427. The SMILES string of the molecule is CC(CCC1C(C(=O)O)=CC(=O)CC1(C)C)O[C@@H]1O[C@H](CO)[C@@H](O)[C@H](O)[C@H]1O. The Balaban J connectivity index is 2.01. The first-order chi connectivity index (χ1) is 13.0. The Morgan fingerprint density at radius 1 is 1.29 bits per heavy atom. The van der Waals surface area contributed by atoms with E-state index in [0.29, 0.717) is 12.8 Å². The number of ether oxygens (including phenoxy) is 2. The molecule has 1 heterocycles. The van der Waals surface area contributed by atoms with Gasteiger partial charge in [0.05, 0.1) is 12.7 Å². The standard InChI is InChI=1S/C19H30O9/c1-9(27-18-16(24)15(23)14(22)13(8-20)28-18)4-5-12-11(17(25)26)6-10(21)7-19(12,2)3/h6,9,12-16,18,20,22-24H,4-5,7-8H2,1-3H3,(H,25,26)/t9?,12?,13-,14-,15+,16-,18-/m1/s1. The van der Waals surface area contributed by atoms with Gasteiger partial charge in [-0.2, -0.15) is 0 Å². The van der Waals surface area contributed by atoms with E-state index in [-0.39, 0.29) is 23.7 Å². The molecular formula is C19H30O9. The molecule has 9 heteroatoms. The Labute approximate surface area is 163 Å². The number of carboxylic acids is 1. The number of carboxylic acid groups (broad SMARTS) is 1. The molecule has 0 amide bonds. The minimum atomic E-state index is -1.52. The van der Waals surface area contributed by atoms with Crippen molar-refractivity contribution in [3.8, 4) is 0 Å². The molecule has 0 saturated carbocycles. The van der Waals surface area contributed by atoms with E-state index < -0.39 is 54.8 Å². The quantitative estimate of drug-likeness (QED) is 0.382. The lowest BCUT2D eigenvalue weighted by molar-refractivity contribution is -0.310. The molecule has 9 nitrogen and oxygen atoms in total. The van der Waals surface area contributed by atoms with Crippen LogP contribution in [0.3, 0.4) is 0 Å². The Kier molecular flexibility index (Phi) is 7.35. The number of hydrogen-bond donors (Lipinski definition) is 5. The van der Waals surface area contributed by atoms with E-state index in [1.807, 2.05) is 13.8 Å². The summed E-state index contributed by atoms with van der Waals surface area (Å²) in [5.74, 6) is -1.67. The van der Waals surface area contributed by atoms with E-state index in [1.54, 1.807) is 6.92 Å². The van der Waals surface area contributed by atoms with Crippen molar-refractivity contribution >= 4 is 11.8 Å². The van der Waals surface area contributed by atoms with Crippen LogP contribution in [0.2, 0.25) is 0 Å². The van der Waals surface area contributed by atoms with Crippen LogP contribution in [0.5, 0.6) is 0 Å². The average Bonchev–Trinajstić information content (AvgIpc) is 2.59. The highest BCUT2D eigenvalue weighted by Crippen LogP contribution is 2.43. The van der Waals surface area contributed by atoms with Crippen LogP contribution in [0.15, 0.2) is 11.6 Å². The van der Waals surface area contributed by atoms with Gasteiger partial charge < -0.3 is 35.0 Å². The fourth-order valence-corrected chi connectivity index (χ4v) is 3.95. The largest absolute Gasteiger partial charge is 0.478 e. The van der Waals surface area contributed by atoms with Crippen molar-refractivity contribution in [2.24, 2.45) is 11.3 Å². The summed E-state index contributed by atoms with van der Waals surface area (Å²) in [5, 5.41) is 48.4. The fourth-order valence-electron chi connectivity index (χ4n) is 3.95. The molecule has 160 valence electrons. The monoisotopic (exact) mass is 402 g/mol. The average molecular weight is 402 g/mol. The molecule has 0 spiro atoms. The second-order valence-electron chi connectivity index (χ2n) is 8.31. The predicted molar refractivity (Wildman–Crippen MR) is 96.2 cm³/mol. The molecule has 5 N–H and O–H groups in total. The molecule has 0 aromatic carbocycles. The van der Waals surface area contributed by atoms with Crippen molar-refractivity contribution in [2.45, 2.75) is 76.8 Å².